The summed E-state index contributed by atoms with van der Waals surface area (Å²) in [6, 6.07) is 1.95. The van der Waals surface area contributed by atoms with E-state index in [9.17, 15) is 17.6 Å². The molecule has 0 bridgehead atoms. The summed E-state index contributed by atoms with van der Waals surface area (Å²) in [6.45, 7) is 2.39. The van der Waals surface area contributed by atoms with Gasteiger partial charge >= 0.3 is 0 Å². The Labute approximate surface area is 122 Å². The lowest BCUT2D eigenvalue weighted by atomic mass is 10.2. The Hall–Kier alpha value is -1.18. The highest BCUT2D eigenvalue weighted by Gasteiger charge is 2.22. The Morgan fingerprint density at radius 1 is 1.40 bits per heavy atom. The first-order valence-corrected chi connectivity index (χ1v) is 7.99. The van der Waals surface area contributed by atoms with Crippen LogP contribution in [0.5, 0.6) is 0 Å². The topological polar surface area (TPSA) is 89.3 Å². The van der Waals surface area contributed by atoms with Gasteiger partial charge in [0.2, 0.25) is 10.0 Å². The van der Waals surface area contributed by atoms with Gasteiger partial charge in [-0.3, -0.25) is 4.79 Å². The maximum atomic E-state index is 14.0. The average Bonchev–Trinajstić information content (AvgIpc) is 2.35. The van der Waals surface area contributed by atoms with Crippen LogP contribution < -0.4 is 10.5 Å². The first-order valence-electron chi connectivity index (χ1n) is 6.07. The number of nitrogens with one attached hydrogen (secondary N) is 1. The summed E-state index contributed by atoms with van der Waals surface area (Å²) in [6.07, 6.45) is 2.67. The number of nitrogens with two attached hydrogens (primary N) is 1. The molecule has 3 N–H and O–H groups in total. The zero-order valence-electron chi connectivity index (χ0n) is 10.9. The zero-order valence-corrected chi connectivity index (χ0v) is 12.5. The van der Waals surface area contributed by atoms with Crippen LogP contribution in [-0.2, 0) is 10.0 Å². The standard InChI is InChI=1S/C12H16ClFN2O3S/c1-2-3-4-5-16-12(17)9-6-8(13)7-10(11(9)14)20(15,18)19/h6-7H,2-5H2,1H3,(H,16,17)(H2,15,18,19). The van der Waals surface area contributed by atoms with Gasteiger partial charge in [-0.2, -0.15) is 0 Å². The first-order chi connectivity index (χ1) is 9.27. The van der Waals surface area contributed by atoms with Crippen molar-refractivity contribution in [2.45, 2.75) is 31.1 Å². The molecule has 0 atom stereocenters. The van der Waals surface area contributed by atoms with Gasteiger partial charge in [0.1, 0.15) is 4.90 Å². The number of sulfonamides is 1. The fourth-order valence-corrected chi connectivity index (χ4v) is 2.54. The SMILES string of the molecule is CCCCCNC(=O)c1cc(Cl)cc(S(N)(=O)=O)c1F. The molecule has 0 aromatic heterocycles. The van der Waals surface area contributed by atoms with E-state index in [1.165, 1.54) is 0 Å². The van der Waals surface area contributed by atoms with E-state index in [1.54, 1.807) is 0 Å². The molecule has 112 valence electrons. The van der Waals surface area contributed by atoms with E-state index in [0.29, 0.717) is 6.54 Å². The molecule has 20 heavy (non-hydrogen) atoms. The molecule has 0 heterocycles. The molecular weight excluding hydrogens is 307 g/mol. The van der Waals surface area contributed by atoms with Gasteiger partial charge in [-0.1, -0.05) is 31.4 Å². The molecule has 1 aromatic carbocycles. The third-order valence-electron chi connectivity index (χ3n) is 2.62. The molecule has 1 rings (SSSR count). The summed E-state index contributed by atoms with van der Waals surface area (Å²) in [4.78, 5) is 11.0. The van der Waals surface area contributed by atoms with E-state index >= 15 is 0 Å². The van der Waals surface area contributed by atoms with Gasteiger partial charge in [0.05, 0.1) is 5.56 Å². The summed E-state index contributed by atoms with van der Waals surface area (Å²) >= 11 is 5.69. The van der Waals surface area contributed by atoms with Gasteiger partial charge in [-0.05, 0) is 18.6 Å². The van der Waals surface area contributed by atoms with Crippen molar-refractivity contribution in [3.8, 4) is 0 Å². The lowest BCUT2D eigenvalue weighted by molar-refractivity contribution is 0.0948. The molecule has 0 saturated carbocycles. The molecule has 1 aromatic rings. The highest BCUT2D eigenvalue weighted by Crippen LogP contribution is 2.22. The number of carbonyl (C=O) groups excluding carboxylic acids is 1. The number of hydrogen-bond donors (Lipinski definition) is 2. The second-order valence-corrected chi connectivity index (χ2v) is 6.24. The Balaban J connectivity index is 3.01. The molecule has 0 saturated heterocycles. The van der Waals surface area contributed by atoms with Crippen molar-refractivity contribution in [3.05, 3.63) is 28.5 Å². The van der Waals surface area contributed by atoms with E-state index < -0.39 is 32.2 Å². The molecule has 0 aliphatic rings. The molecule has 0 unspecified atom stereocenters. The van der Waals surface area contributed by atoms with Crippen LogP contribution in [-0.4, -0.2) is 20.9 Å². The number of halogens is 2. The summed E-state index contributed by atoms with van der Waals surface area (Å²) in [7, 11) is -4.28. The van der Waals surface area contributed by atoms with Crippen LogP contribution in [0.4, 0.5) is 4.39 Å². The van der Waals surface area contributed by atoms with Crippen molar-refractivity contribution in [2.75, 3.05) is 6.54 Å². The van der Waals surface area contributed by atoms with Crippen LogP contribution in [0.25, 0.3) is 0 Å². The second kappa shape index (κ2) is 7.01. The van der Waals surface area contributed by atoms with Crippen molar-refractivity contribution in [1.82, 2.24) is 5.32 Å². The minimum Gasteiger partial charge on any atom is -0.352 e. The average molecular weight is 323 g/mol. The van der Waals surface area contributed by atoms with Gasteiger partial charge in [-0.15, -0.1) is 0 Å². The number of benzene rings is 1. The number of unbranched alkanes of at least 4 members (excludes halogenated alkanes) is 2. The van der Waals surface area contributed by atoms with Crippen molar-refractivity contribution < 1.29 is 17.6 Å². The first kappa shape index (κ1) is 16.9. The van der Waals surface area contributed by atoms with Crippen LogP contribution in [0.3, 0.4) is 0 Å². The van der Waals surface area contributed by atoms with Crippen molar-refractivity contribution in [1.29, 1.82) is 0 Å². The smallest absolute Gasteiger partial charge is 0.254 e. The Morgan fingerprint density at radius 2 is 2.05 bits per heavy atom. The molecular formula is C12H16ClFN2O3S. The predicted octanol–water partition coefficient (Wildman–Crippen LogP) is 2.05. The lowest BCUT2D eigenvalue weighted by Crippen LogP contribution is -2.26. The summed E-state index contributed by atoms with van der Waals surface area (Å²) in [5.74, 6) is -1.91. The molecule has 0 fully saturated rings. The van der Waals surface area contributed by atoms with E-state index in [4.69, 9.17) is 16.7 Å². The van der Waals surface area contributed by atoms with Gasteiger partial charge in [0.25, 0.3) is 5.91 Å². The number of hydrogen-bond acceptors (Lipinski definition) is 3. The number of primary sulfonamides is 1. The highest BCUT2D eigenvalue weighted by molar-refractivity contribution is 7.89. The molecule has 1 amide bonds. The summed E-state index contributed by atoms with van der Waals surface area (Å²) in [5.41, 5.74) is -0.432. The van der Waals surface area contributed by atoms with E-state index in [-0.39, 0.29) is 5.02 Å². The van der Waals surface area contributed by atoms with Gasteiger partial charge in [0, 0.05) is 11.6 Å². The fraction of sp³-hybridized carbons (Fsp3) is 0.417. The van der Waals surface area contributed by atoms with Crippen molar-refractivity contribution in [2.24, 2.45) is 5.14 Å². The quantitative estimate of drug-likeness (QED) is 0.785. The van der Waals surface area contributed by atoms with Gasteiger partial charge in [-0.25, -0.2) is 17.9 Å². The summed E-state index contributed by atoms with van der Waals surface area (Å²) < 4.78 is 36.5. The van der Waals surface area contributed by atoms with Crippen molar-refractivity contribution >= 4 is 27.5 Å². The fourth-order valence-electron chi connectivity index (χ4n) is 1.61. The van der Waals surface area contributed by atoms with E-state index in [1.807, 2.05) is 6.92 Å². The van der Waals surface area contributed by atoms with E-state index in [2.05, 4.69) is 5.32 Å². The minimum absolute atomic E-state index is 0.0749. The zero-order chi connectivity index (χ0) is 15.3. The van der Waals surface area contributed by atoms with Crippen LogP contribution in [0.2, 0.25) is 5.02 Å². The molecule has 5 nitrogen and oxygen atoms in total. The number of amides is 1. The van der Waals surface area contributed by atoms with Gasteiger partial charge in [0.15, 0.2) is 5.82 Å². The Bertz CT molecular complexity index is 605. The summed E-state index contributed by atoms with van der Waals surface area (Å²) in [5, 5.41) is 7.31. The van der Waals surface area contributed by atoms with Gasteiger partial charge < -0.3 is 5.32 Å². The van der Waals surface area contributed by atoms with Crippen molar-refractivity contribution in [3.63, 3.8) is 0 Å². The second-order valence-electron chi connectivity index (χ2n) is 4.27. The van der Waals surface area contributed by atoms with Crippen LogP contribution in [0.15, 0.2) is 17.0 Å². The predicted molar refractivity (Wildman–Crippen MR) is 74.6 cm³/mol. The largest absolute Gasteiger partial charge is 0.352 e. The molecule has 0 aliphatic heterocycles. The highest BCUT2D eigenvalue weighted by atomic mass is 35.5. The van der Waals surface area contributed by atoms with Crippen LogP contribution in [0, 0.1) is 5.82 Å². The lowest BCUT2D eigenvalue weighted by Gasteiger charge is -2.09. The maximum absolute atomic E-state index is 14.0. The minimum atomic E-state index is -4.28. The third-order valence-corrected chi connectivity index (χ3v) is 3.75. The monoisotopic (exact) mass is 322 g/mol. The maximum Gasteiger partial charge on any atom is 0.254 e. The molecule has 8 heteroatoms. The third kappa shape index (κ3) is 4.43. The number of rotatable bonds is 6. The molecule has 0 aliphatic carbocycles. The van der Waals surface area contributed by atoms with Crippen LogP contribution in [0.1, 0.15) is 36.5 Å². The molecule has 0 radical (unpaired) electrons. The van der Waals surface area contributed by atoms with Crippen LogP contribution >= 0.6 is 11.6 Å². The Kier molecular flexibility index (Phi) is 5.91. The number of carbonyl (C=O) groups is 1. The normalized spacial score (nSPS) is 11.4. The Morgan fingerprint density at radius 3 is 2.60 bits per heavy atom. The van der Waals surface area contributed by atoms with E-state index in [0.717, 1.165) is 31.4 Å². The molecule has 0 spiro atoms.